The molecule has 0 bridgehead atoms. The molecule has 0 unspecified atom stereocenters. The van der Waals surface area contributed by atoms with Crippen molar-refractivity contribution in [2.45, 2.75) is 6.42 Å². The molecule has 0 saturated carbocycles. The number of anilines is 1. The highest BCUT2D eigenvalue weighted by atomic mass is 35.5. The zero-order valence-electron chi connectivity index (χ0n) is 11.2. The molecule has 108 valence electrons. The SMILES string of the molecule is O=C(O)/C=C/c1cnc(NCCc2ccc(Cl)cc2)nc1. The van der Waals surface area contributed by atoms with Crippen molar-refractivity contribution < 1.29 is 9.90 Å². The monoisotopic (exact) mass is 303 g/mol. The van der Waals surface area contributed by atoms with Crippen LogP contribution in [0.25, 0.3) is 6.08 Å². The topological polar surface area (TPSA) is 75.1 Å². The summed E-state index contributed by atoms with van der Waals surface area (Å²) >= 11 is 5.82. The number of rotatable bonds is 6. The average Bonchev–Trinajstić information content (AvgIpc) is 2.48. The quantitative estimate of drug-likeness (QED) is 0.803. The van der Waals surface area contributed by atoms with Gasteiger partial charge in [-0.25, -0.2) is 14.8 Å². The maximum absolute atomic E-state index is 10.4. The molecule has 0 radical (unpaired) electrons. The normalized spacial score (nSPS) is 10.7. The Bertz CT molecular complexity index is 624. The fraction of sp³-hybridized carbons (Fsp3) is 0.133. The number of hydrogen-bond acceptors (Lipinski definition) is 4. The molecule has 2 aromatic rings. The van der Waals surface area contributed by atoms with E-state index in [1.54, 1.807) is 12.4 Å². The molecular weight excluding hydrogens is 290 g/mol. The Kier molecular flexibility index (Phi) is 5.29. The molecule has 0 aliphatic rings. The third-order valence-electron chi connectivity index (χ3n) is 2.70. The lowest BCUT2D eigenvalue weighted by Gasteiger charge is -2.05. The lowest BCUT2D eigenvalue weighted by molar-refractivity contribution is -0.131. The van der Waals surface area contributed by atoms with Crippen LogP contribution in [0.2, 0.25) is 5.02 Å². The van der Waals surface area contributed by atoms with Crippen LogP contribution in [0.1, 0.15) is 11.1 Å². The van der Waals surface area contributed by atoms with Crippen LogP contribution < -0.4 is 5.32 Å². The van der Waals surface area contributed by atoms with Gasteiger partial charge in [0.25, 0.3) is 0 Å². The first kappa shape index (κ1) is 15.0. The van der Waals surface area contributed by atoms with E-state index in [0.717, 1.165) is 17.5 Å². The van der Waals surface area contributed by atoms with Crippen LogP contribution in [-0.2, 0) is 11.2 Å². The maximum Gasteiger partial charge on any atom is 0.328 e. The molecule has 0 aliphatic heterocycles. The average molecular weight is 304 g/mol. The summed E-state index contributed by atoms with van der Waals surface area (Å²) < 4.78 is 0. The summed E-state index contributed by atoms with van der Waals surface area (Å²) in [5.74, 6) is -0.489. The summed E-state index contributed by atoms with van der Waals surface area (Å²) in [6.07, 6.45) is 6.46. The summed E-state index contributed by atoms with van der Waals surface area (Å²) in [4.78, 5) is 18.6. The fourth-order valence-corrected chi connectivity index (χ4v) is 1.78. The van der Waals surface area contributed by atoms with Crippen molar-refractivity contribution in [1.82, 2.24) is 9.97 Å². The molecule has 1 heterocycles. The van der Waals surface area contributed by atoms with Gasteiger partial charge < -0.3 is 10.4 Å². The van der Waals surface area contributed by atoms with E-state index in [9.17, 15) is 4.79 Å². The second kappa shape index (κ2) is 7.40. The van der Waals surface area contributed by atoms with Crippen LogP contribution in [0.4, 0.5) is 5.95 Å². The van der Waals surface area contributed by atoms with Crippen molar-refractivity contribution in [3.8, 4) is 0 Å². The Morgan fingerprint density at radius 2 is 1.90 bits per heavy atom. The zero-order valence-corrected chi connectivity index (χ0v) is 11.9. The standard InChI is InChI=1S/C15H14ClN3O2/c16-13-4-1-11(2-5-13)7-8-17-15-18-9-12(10-19-15)3-6-14(20)21/h1-6,9-10H,7-8H2,(H,20,21)(H,17,18,19)/b6-3+. The predicted octanol–water partition coefficient (Wildman–Crippen LogP) is 2.88. The molecule has 0 amide bonds. The molecule has 1 aromatic heterocycles. The number of carboxylic acid groups (broad SMARTS) is 1. The van der Waals surface area contributed by atoms with Gasteiger partial charge in [-0.15, -0.1) is 0 Å². The van der Waals surface area contributed by atoms with E-state index in [2.05, 4.69) is 15.3 Å². The van der Waals surface area contributed by atoms with E-state index in [1.807, 2.05) is 24.3 Å². The Balaban J connectivity index is 1.83. The molecule has 5 nitrogen and oxygen atoms in total. The summed E-state index contributed by atoms with van der Waals surface area (Å²) in [5.41, 5.74) is 1.81. The Labute approximate surface area is 127 Å². The minimum atomic E-state index is -1.000. The molecule has 0 spiro atoms. The Morgan fingerprint density at radius 1 is 1.24 bits per heavy atom. The van der Waals surface area contributed by atoms with E-state index >= 15 is 0 Å². The second-order valence-corrected chi connectivity index (χ2v) is 4.75. The number of nitrogens with one attached hydrogen (secondary N) is 1. The molecule has 6 heteroatoms. The molecule has 1 aromatic carbocycles. The van der Waals surface area contributed by atoms with Crippen molar-refractivity contribution in [3.05, 3.63) is 58.9 Å². The van der Waals surface area contributed by atoms with E-state index in [-0.39, 0.29) is 0 Å². The number of carboxylic acids is 1. The Hall–Kier alpha value is -2.40. The van der Waals surface area contributed by atoms with Crippen LogP contribution in [0.3, 0.4) is 0 Å². The van der Waals surface area contributed by atoms with Crippen molar-refractivity contribution >= 4 is 29.6 Å². The highest BCUT2D eigenvalue weighted by Crippen LogP contribution is 2.10. The first-order valence-corrected chi connectivity index (χ1v) is 6.72. The van der Waals surface area contributed by atoms with Gasteiger partial charge in [0.2, 0.25) is 5.95 Å². The first-order valence-electron chi connectivity index (χ1n) is 6.35. The third-order valence-corrected chi connectivity index (χ3v) is 2.95. The van der Waals surface area contributed by atoms with Crippen LogP contribution in [0, 0.1) is 0 Å². The van der Waals surface area contributed by atoms with Crippen LogP contribution in [0.15, 0.2) is 42.7 Å². The molecule has 0 fully saturated rings. The van der Waals surface area contributed by atoms with Gasteiger partial charge in [0, 0.05) is 35.6 Å². The summed E-state index contributed by atoms with van der Waals surface area (Å²) in [5, 5.41) is 12.3. The second-order valence-electron chi connectivity index (χ2n) is 4.31. The Morgan fingerprint density at radius 3 is 2.52 bits per heavy atom. The van der Waals surface area contributed by atoms with Crippen molar-refractivity contribution in [2.75, 3.05) is 11.9 Å². The molecule has 21 heavy (non-hydrogen) atoms. The summed E-state index contributed by atoms with van der Waals surface area (Å²) in [7, 11) is 0. The molecule has 0 saturated heterocycles. The molecule has 0 atom stereocenters. The van der Waals surface area contributed by atoms with Gasteiger partial charge in [-0.3, -0.25) is 0 Å². The number of benzene rings is 1. The van der Waals surface area contributed by atoms with Crippen molar-refractivity contribution in [1.29, 1.82) is 0 Å². The number of aromatic nitrogens is 2. The predicted molar refractivity (Wildman–Crippen MR) is 82.3 cm³/mol. The van der Waals surface area contributed by atoms with Gasteiger partial charge >= 0.3 is 5.97 Å². The smallest absolute Gasteiger partial charge is 0.328 e. The first-order chi connectivity index (χ1) is 10.1. The minimum absolute atomic E-state index is 0.511. The molecular formula is C15H14ClN3O2. The summed E-state index contributed by atoms with van der Waals surface area (Å²) in [6.45, 7) is 0.700. The van der Waals surface area contributed by atoms with Crippen LogP contribution in [0.5, 0.6) is 0 Å². The van der Waals surface area contributed by atoms with Gasteiger partial charge in [0.1, 0.15) is 0 Å². The largest absolute Gasteiger partial charge is 0.478 e. The number of halogens is 1. The van der Waals surface area contributed by atoms with E-state index in [0.29, 0.717) is 18.1 Å². The van der Waals surface area contributed by atoms with Gasteiger partial charge in [0.05, 0.1) is 0 Å². The van der Waals surface area contributed by atoms with Gasteiger partial charge in [-0.2, -0.15) is 0 Å². The lowest BCUT2D eigenvalue weighted by Crippen LogP contribution is -2.07. The zero-order chi connectivity index (χ0) is 15.1. The number of carbonyl (C=O) groups is 1. The number of aliphatic carboxylic acids is 1. The third kappa shape index (κ3) is 5.24. The van der Waals surface area contributed by atoms with Crippen molar-refractivity contribution in [2.24, 2.45) is 0 Å². The molecule has 0 aliphatic carbocycles. The maximum atomic E-state index is 10.4. The molecule has 2 rings (SSSR count). The lowest BCUT2D eigenvalue weighted by atomic mass is 10.1. The van der Waals surface area contributed by atoms with Gasteiger partial charge in [-0.05, 0) is 30.2 Å². The van der Waals surface area contributed by atoms with Gasteiger partial charge in [0.15, 0.2) is 0 Å². The number of nitrogens with zero attached hydrogens (tertiary/aromatic N) is 2. The van der Waals surface area contributed by atoms with Gasteiger partial charge in [-0.1, -0.05) is 23.7 Å². The highest BCUT2D eigenvalue weighted by Gasteiger charge is 1.97. The van der Waals surface area contributed by atoms with Crippen LogP contribution >= 0.6 is 11.6 Å². The number of hydrogen-bond donors (Lipinski definition) is 2. The van der Waals surface area contributed by atoms with Crippen LogP contribution in [-0.4, -0.2) is 27.6 Å². The fourth-order valence-electron chi connectivity index (χ4n) is 1.65. The minimum Gasteiger partial charge on any atom is -0.478 e. The van der Waals surface area contributed by atoms with E-state index in [4.69, 9.17) is 16.7 Å². The van der Waals surface area contributed by atoms with E-state index < -0.39 is 5.97 Å². The highest BCUT2D eigenvalue weighted by molar-refractivity contribution is 6.30. The molecule has 2 N–H and O–H groups in total. The van der Waals surface area contributed by atoms with Crippen molar-refractivity contribution in [3.63, 3.8) is 0 Å². The summed E-state index contributed by atoms with van der Waals surface area (Å²) in [6, 6.07) is 7.67. The van der Waals surface area contributed by atoms with E-state index in [1.165, 1.54) is 11.6 Å².